The van der Waals surface area contributed by atoms with E-state index in [-0.39, 0.29) is 11.8 Å². The van der Waals surface area contributed by atoms with E-state index in [9.17, 15) is 0 Å². The first-order chi connectivity index (χ1) is 17.5. The number of rotatable bonds is 8. The average Bonchev–Trinajstić information content (AvgIpc) is 3.59. The fourth-order valence-electron chi connectivity index (χ4n) is 4.28. The molecule has 0 aliphatic carbocycles. The highest BCUT2D eigenvalue weighted by molar-refractivity contribution is 7.03. The zero-order valence-corrected chi connectivity index (χ0v) is 21.8. The van der Waals surface area contributed by atoms with Gasteiger partial charge in [0.15, 0.2) is 5.82 Å². The van der Waals surface area contributed by atoms with Crippen molar-refractivity contribution in [3.63, 3.8) is 0 Å². The molecule has 0 amide bonds. The third-order valence-electron chi connectivity index (χ3n) is 6.20. The molecule has 1 saturated heterocycles. The van der Waals surface area contributed by atoms with E-state index in [4.69, 9.17) is 9.26 Å². The number of piperidine rings is 1. The van der Waals surface area contributed by atoms with Crippen LogP contribution < -0.4 is 9.64 Å². The molecule has 0 unspecified atom stereocenters. The molecule has 188 valence electrons. The summed E-state index contributed by atoms with van der Waals surface area (Å²) in [7, 11) is 4.07. The minimum absolute atomic E-state index is 0.260. The van der Waals surface area contributed by atoms with Crippen LogP contribution in [0.2, 0.25) is 0 Å². The lowest BCUT2D eigenvalue weighted by Crippen LogP contribution is -2.35. The second-order valence-electron chi connectivity index (χ2n) is 9.54. The van der Waals surface area contributed by atoms with Gasteiger partial charge in [0, 0.05) is 42.4 Å². The number of benzene rings is 1. The SMILES string of the molecule is CC(C)c1noc(C2CCN(c3ncnc(Oc4ccc(-c5csnn5)cc4)c3CN(C)C)CC2)n1. The first-order valence-corrected chi connectivity index (χ1v) is 12.9. The van der Waals surface area contributed by atoms with Gasteiger partial charge in [0.1, 0.15) is 23.6 Å². The van der Waals surface area contributed by atoms with Gasteiger partial charge in [-0.05, 0) is 62.7 Å². The van der Waals surface area contributed by atoms with E-state index in [0.717, 1.165) is 60.3 Å². The summed E-state index contributed by atoms with van der Waals surface area (Å²) in [5, 5.41) is 10.2. The van der Waals surface area contributed by atoms with E-state index >= 15 is 0 Å². The molecular formula is C25H30N8O2S. The molecule has 0 bridgehead atoms. The third kappa shape index (κ3) is 5.36. The van der Waals surface area contributed by atoms with Crippen molar-refractivity contribution in [1.29, 1.82) is 0 Å². The van der Waals surface area contributed by atoms with Crippen molar-refractivity contribution in [2.24, 2.45) is 0 Å². The molecule has 0 N–H and O–H groups in total. The van der Waals surface area contributed by atoms with Crippen molar-refractivity contribution in [3.8, 4) is 22.9 Å². The van der Waals surface area contributed by atoms with E-state index in [0.29, 0.717) is 18.2 Å². The Bertz CT molecular complexity index is 1270. The smallest absolute Gasteiger partial charge is 0.229 e. The molecule has 36 heavy (non-hydrogen) atoms. The number of anilines is 1. The van der Waals surface area contributed by atoms with Gasteiger partial charge in [-0.1, -0.05) is 23.5 Å². The molecule has 0 spiro atoms. The van der Waals surface area contributed by atoms with Gasteiger partial charge >= 0.3 is 0 Å². The second kappa shape index (κ2) is 10.7. The minimum Gasteiger partial charge on any atom is -0.438 e. The van der Waals surface area contributed by atoms with E-state index in [2.05, 4.69) is 53.3 Å². The molecule has 0 radical (unpaired) electrons. The Morgan fingerprint density at radius 1 is 1.14 bits per heavy atom. The number of nitrogens with zero attached hydrogens (tertiary/aromatic N) is 8. The van der Waals surface area contributed by atoms with Crippen LogP contribution in [0.4, 0.5) is 5.82 Å². The Morgan fingerprint density at radius 3 is 2.56 bits per heavy atom. The largest absolute Gasteiger partial charge is 0.438 e. The lowest BCUT2D eigenvalue weighted by molar-refractivity contribution is 0.325. The summed E-state index contributed by atoms with van der Waals surface area (Å²) in [4.78, 5) is 18.2. The van der Waals surface area contributed by atoms with Crippen molar-refractivity contribution in [2.45, 2.75) is 45.1 Å². The summed E-state index contributed by atoms with van der Waals surface area (Å²) in [5.41, 5.74) is 2.82. The van der Waals surface area contributed by atoms with E-state index in [1.54, 1.807) is 6.33 Å². The van der Waals surface area contributed by atoms with Gasteiger partial charge in [-0.15, -0.1) is 5.10 Å². The molecule has 1 fully saturated rings. The molecule has 3 aromatic heterocycles. The Hall–Kier alpha value is -3.44. The van der Waals surface area contributed by atoms with E-state index < -0.39 is 0 Å². The lowest BCUT2D eigenvalue weighted by Gasteiger charge is -2.33. The first-order valence-electron chi connectivity index (χ1n) is 12.1. The maximum Gasteiger partial charge on any atom is 0.229 e. The molecular weight excluding hydrogens is 476 g/mol. The summed E-state index contributed by atoms with van der Waals surface area (Å²) in [5.74, 6) is 4.23. The topological polar surface area (TPSA) is 106 Å². The third-order valence-corrected chi connectivity index (χ3v) is 6.70. The maximum absolute atomic E-state index is 6.26. The summed E-state index contributed by atoms with van der Waals surface area (Å²) in [6.07, 6.45) is 3.43. The molecule has 10 nitrogen and oxygen atoms in total. The summed E-state index contributed by atoms with van der Waals surface area (Å²) in [6, 6.07) is 7.81. The maximum atomic E-state index is 6.26. The highest BCUT2D eigenvalue weighted by atomic mass is 32.1. The van der Waals surface area contributed by atoms with Gasteiger partial charge in [0.05, 0.1) is 5.56 Å². The van der Waals surface area contributed by atoms with Gasteiger partial charge in [0.25, 0.3) is 0 Å². The van der Waals surface area contributed by atoms with Crippen LogP contribution in [0.15, 0.2) is 40.5 Å². The number of hydrogen-bond donors (Lipinski definition) is 0. The summed E-state index contributed by atoms with van der Waals surface area (Å²) < 4.78 is 15.8. The Balaban J connectivity index is 1.33. The van der Waals surface area contributed by atoms with Crippen molar-refractivity contribution < 1.29 is 9.26 Å². The average molecular weight is 507 g/mol. The fourth-order valence-corrected chi connectivity index (χ4v) is 4.75. The molecule has 0 atom stereocenters. The molecule has 1 aliphatic rings. The van der Waals surface area contributed by atoms with Crippen LogP contribution in [-0.2, 0) is 6.54 Å². The van der Waals surface area contributed by atoms with Crippen LogP contribution in [0.1, 0.15) is 55.8 Å². The van der Waals surface area contributed by atoms with Crippen LogP contribution >= 0.6 is 11.5 Å². The molecule has 1 aliphatic heterocycles. The highest BCUT2D eigenvalue weighted by Crippen LogP contribution is 2.35. The monoisotopic (exact) mass is 506 g/mol. The van der Waals surface area contributed by atoms with Crippen molar-refractivity contribution in [3.05, 3.63) is 53.3 Å². The second-order valence-corrected chi connectivity index (χ2v) is 10.2. The molecule has 4 aromatic rings. The van der Waals surface area contributed by atoms with Crippen LogP contribution in [0, 0.1) is 0 Å². The van der Waals surface area contributed by atoms with Gasteiger partial charge in [-0.3, -0.25) is 0 Å². The minimum atomic E-state index is 0.260. The molecule has 0 saturated carbocycles. The van der Waals surface area contributed by atoms with Crippen LogP contribution in [0.25, 0.3) is 11.3 Å². The molecule has 11 heteroatoms. The Labute approximate surface area is 214 Å². The molecule has 1 aromatic carbocycles. The van der Waals surface area contributed by atoms with Crippen molar-refractivity contribution >= 4 is 17.4 Å². The predicted octanol–water partition coefficient (Wildman–Crippen LogP) is 4.74. The molecule has 4 heterocycles. The Morgan fingerprint density at radius 2 is 1.92 bits per heavy atom. The molecule has 5 rings (SSSR count). The summed E-state index contributed by atoms with van der Waals surface area (Å²) >= 11 is 1.33. The van der Waals surface area contributed by atoms with E-state index in [1.807, 2.05) is 43.7 Å². The van der Waals surface area contributed by atoms with Gasteiger partial charge < -0.3 is 19.1 Å². The van der Waals surface area contributed by atoms with Gasteiger partial charge in [0.2, 0.25) is 11.8 Å². The first kappa shape index (κ1) is 24.3. The highest BCUT2D eigenvalue weighted by Gasteiger charge is 2.28. The normalized spacial score (nSPS) is 14.7. The van der Waals surface area contributed by atoms with Crippen LogP contribution in [0.3, 0.4) is 0 Å². The van der Waals surface area contributed by atoms with Crippen molar-refractivity contribution in [1.82, 2.24) is 34.6 Å². The standard InChI is InChI=1S/C25H30N8O2S/c1-16(2)22-28-24(35-30-22)18-9-11-33(12-10-18)23-20(13-32(3)4)25(27-15-26-23)34-19-7-5-17(6-8-19)21-14-36-31-29-21/h5-8,14-16,18H,9-13H2,1-4H3. The van der Waals surface area contributed by atoms with Gasteiger partial charge in [-0.2, -0.15) is 4.98 Å². The number of hydrogen-bond acceptors (Lipinski definition) is 11. The van der Waals surface area contributed by atoms with Crippen molar-refractivity contribution in [2.75, 3.05) is 32.1 Å². The zero-order valence-electron chi connectivity index (χ0n) is 21.0. The predicted molar refractivity (Wildman–Crippen MR) is 137 cm³/mol. The zero-order chi connectivity index (χ0) is 25.1. The quantitative estimate of drug-likeness (QED) is 0.333. The fraction of sp³-hybridized carbons (Fsp3) is 0.440. The van der Waals surface area contributed by atoms with Gasteiger partial charge in [-0.25, -0.2) is 9.97 Å². The van der Waals surface area contributed by atoms with E-state index in [1.165, 1.54) is 11.5 Å². The summed E-state index contributed by atoms with van der Waals surface area (Å²) in [6.45, 7) is 6.50. The number of aromatic nitrogens is 6. The lowest BCUT2D eigenvalue weighted by atomic mass is 9.96. The Kier molecular flexibility index (Phi) is 7.19. The van der Waals surface area contributed by atoms with Crippen LogP contribution in [0.5, 0.6) is 11.6 Å². The number of ether oxygens (including phenoxy) is 1. The van der Waals surface area contributed by atoms with Crippen LogP contribution in [-0.4, -0.2) is 61.8 Å².